The van der Waals surface area contributed by atoms with Crippen LogP contribution < -0.4 is 11.1 Å². The highest BCUT2D eigenvalue weighted by Crippen LogP contribution is 2.23. The molecule has 0 aromatic carbocycles. The lowest BCUT2D eigenvalue weighted by molar-refractivity contribution is -0.136. The summed E-state index contributed by atoms with van der Waals surface area (Å²) in [7, 11) is 0. The highest BCUT2D eigenvalue weighted by molar-refractivity contribution is 5.85. The van der Waals surface area contributed by atoms with Gasteiger partial charge in [0.25, 0.3) is 0 Å². The van der Waals surface area contributed by atoms with E-state index in [1.165, 1.54) is 12.8 Å². The number of amides is 2. The number of rotatable bonds is 5. The first-order chi connectivity index (χ1) is 13.0. The maximum atomic E-state index is 12.7. The Balaban J connectivity index is 0.00000210. The summed E-state index contributed by atoms with van der Waals surface area (Å²) in [5, 5.41) is 3.20. The fraction of sp³-hybridized carbons (Fsp3) is 0.900. The first-order valence-corrected chi connectivity index (χ1v) is 10.7. The van der Waals surface area contributed by atoms with Crippen LogP contribution in [0.25, 0.3) is 0 Å². The molecule has 2 heterocycles. The van der Waals surface area contributed by atoms with Gasteiger partial charge in [0.15, 0.2) is 0 Å². The van der Waals surface area contributed by atoms with Crippen LogP contribution in [0.5, 0.6) is 0 Å². The molecule has 0 spiro atoms. The Morgan fingerprint density at radius 3 is 2.34 bits per heavy atom. The molecule has 170 valence electrons. The number of carbonyl (C=O) groups excluding carboxylic acids is 2. The Hall–Kier alpha value is -0.600. The molecule has 7 nitrogen and oxygen atoms in total. The second-order valence-corrected chi connectivity index (χ2v) is 8.61. The molecule has 3 atom stereocenters. The van der Waals surface area contributed by atoms with Gasteiger partial charge in [-0.25, -0.2) is 0 Å². The van der Waals surface area contributed by atoms with E-state index in [1.54, 1.807) is 0 Å². The first-order valence-electron chi connectivity index (χ1n) is 10.7. The summed E-state index contributed by atoms with van der Waals surface area (Å²) in [6.07, 6.45) is 6.42. The van der Waals surface area contributed by atoms with Crippen LogP contribution in [-0.2, 0) is 14.3 Å². The van der Waals surface area contributed by atoms with Gasteiger partial charge >= 0.3 is 0 Å². The van der Waals surface area contributed by atoms with E-state index in [2.05, 4.69) is 17.1 Å². The van der Waals surface area contributed by atoms with Gasteiger partial charge in [0.1, 0.15) is 0 Å². The first kappa shape index (κ1) is 26.4. The van der Waals surface area contributed by atoms with Crippen molar-refractivity contribution in [3.8, 4) is 0 Å². The summed E-state index contributed by atoms with van der Waals surface area (Å²) >= 11 is 0. The van der Waals surface area contributed by atoms with Gasteiger partial charge in [-0.15, -0.1) is 24.8 Å². The number of halogens is 2. The SMILES string of the molecule is CC1CCCC(NC(=O)CN2CCN(C(=O)C(N)C3CCOCC3)CC2)C1.Cl.Cl. The molecule has 0 aromatic heterocycles. The number of nitrogens with zero attached hydrogens (tertiary/aromatic N) is 2. The minimum Gasteiger partial charge on any atom is -0.381 e. The van der Waals surface area contributed by atoms with Gasteiger partial charge in [-0.1, -0.05) is 19.8 Å². The zero-order valence-electron chi connectivity index (χ0n) is 17.5. The van der Waals surface area contributed by atoms with Crippen LogP contribution in [0.3, 0.4) is 0 Å². The molecule has 9 heteroatoms. The van der Waals surface area contributed by atoms with Crippen LogP contribution in [0.4, 0.5) is 0 Å². The molecule has 3 fully saturated rings. The van der Waals surface area contributed by atoms with E-state index < -0.39 is 6.04 Å². The lowest BCUT2D eigenvalue weighted by Crippen LogP contribution is -2.56. The molecular formula is C20H38Cl2N4O3. The molecule has 2 aliphatic heterocycles. The summed E-state index contributed by atoms with van der Waals surface area (Å²) in [6, 6.07) is -0.0846. The zero-order chi connectivity index (χ0) is 19.2. The molecule has 3 rings (SSSR count). The second kappa shape index (κ2) is 13.0. The van der Waals surface area contributed by atoms with E-state index in [0.29, 0.717) is 44.8 Å². The molecule has 3 unspecified atom stereocenters. The van der Waals surface area contributed by atoms with Crippen LogP contribution in [-0.4, -0.2) is 79.6 Å². The summed E-state index contributed by atoms with van der Waals surface area (Å²) in [5.41, 5.74) is 6.23. The smallest absolute Gasteiger partial charge is 0.239 e. The molecule has 1 aliphatic carbocycles. The predicted octanol–water partition coefficient (Wildman–Crippen LogP) is 1.42. The van der Waals surface area contributed by atoms with Crippen molar-refractivity contribution < 1.29 is 14.3 Å². The van der Waals surface area contributed by atoms with Gasteiger partial charge < -0.3 is 20.7 Å². The Labute approximate surface area is 187 Å². The maximum Gasteiger partial charge on any atom is 0.239 e. The Morgan fingerprint density at radius 2 is 1.72 bits per heavy atom. The van der Waals surface area contributed by atoms with Crippen LogP contribution in [0.15, 0.2) is 0 Å². The molecule has 3 aliphatic rings. The molecular weight excluding hydrogens is 415 g/mol. The van der Waals surface area contributed by atoms with E-state index in [-0.39, 0.29) is 42.5 Å². The topological polar surface area (TPSA) is 87.9 Å². The van der Waals surface area contributed by atoms with Crippen LogP contribution in [0, 0.1) is 11.8 Å². The molecule has 3 N–H and O–H groups in total. The van der Waals surface area contributed by atoms with Crippen LogP contribution >= 0.6 is 24.8 Å². The molecule has 2 amide bonds. The average Bonchev–Trinajstić information content (AvgIpc) is 2.68. The normalized spacial score (nSPS) is 27.3. The number of nitrogens with one attached hydrogen (secondary N) is 1. The van der Waals surface area contributed by atoms with Gasteiger partial charge in [-0.05, 0) is 37.5 Å². The summed E-state index contributed by atoms with van der Waals surface area (Å²) in [4.78, 5) is 29.0. The van der Waals surface area contributed by atoms with Crippen molar-refractivity contribution >= 4 is 36.6 Å². The summed E-state index contributed by atoms with van der Waals surface area (Å²) < 4.78 is 5.36. The van der Waals surface area contributed by atoms with Crippen LogP contribution in [0.1, 0.15) is 45.4 Å². The van der Waals surface area contributed by atoms with E-state index in [4.69, 9.17) is 10.5 Å². The monoisotopic (exact) mass is 452 g/mol. The van der Waals surface area contributed by atoms with Gasteiger partial charge in [0.05, 0.1) is 12.6 Å². The Morgan fingerprint density at radius 1 is 1.07 bits per heavy atom. The van der Waals surface area contributed by atoms with Gasteiger partial charge in [0, 0.05) is 45.4 Å². The average molecular weight is 453 g/mol. The van der Waals surface area contributed by atoms with Gasteiger partial charge in [-0.2, -0.15) is 0 Å². The van der Waals surface area contributed by atoms with Gasteiger partial charge in [-0.3, -0.25) is 14.5 Å². The number of piperazine rings is 1. The van der Waals surface area contributed by atoms with Crippen molar-refractivity contribution in [1.82, 2.24) is 15.1 Å². The largest absolute Gasteiger partial charge is 0.381 e. The summed E-state index contributed by atoms with van der Waals surface area (Å²) in [5.74, 6) is 1.11. The molecule has 0 aromatic rings. The maximum absolute atomic E-state index is 12.7. The number of ether oxygens (including phenoxy) is 1. The summed E-state index contributed by atoms with van der Waals surface area (Å²) in [6.45, 7) is 6.88. The molecule has 1 saturated carbocycles. The van der Waals surface area contributed by atoms with Crippen molar-refractivity contribution in [2.45, 2.75) is 57.5 Å². The molecule has 2 saturated heterocycles. The number of carbonyl (C=O) groups is 2. The number of nitrogens with two attached hydrogens (primary N) is 1. The van der Waals surface area contributed by atoms with Gasteiger partial charge in [0.2, 0.25) is 11.8 Å². The highest BCUT2D eigenvalue weighted by Gasteiger charge is 2.32. The van der Waals surface area contributed by atoms with Crippen molar-refractivity contribution in [2.24, 2.45) is 17.6 Å². The van der Waals surface area contributed by atoms with Crippen molar-refractivity contribution in [3.05, 3.63) is 0 Å². The second-order valence-electron chi connectivity index (χ2n) is 8.61. The fourth-order valence-electron chi connectivity index (χ4n) is 4.66. The number of hydrogen-bond acceptors (Lipinski definition) is 5. The Bertz CT molecular complexity index is 512. The van der Waals surface area contributed by atoms with Crippen molar-refractivity contribution in [1.29, 1.82) is 0 Å². The van der Waals surface area contributed by atoms with E-state index in [9.17, 15) is 9.59 Å². The standard InChI is InChI=1S/C20H36N4O3.2ClH/c1-15-3-2-4-17(13-15)22-18(25)14-23-7-9-24(10-8-23)20(26)19(21)16-5-11-27-12-6-16;;/h15-17,19H,2-14,21H2,1H3,(H,22,25);2*1H. The minimum absolute atomic E-state index is 0. The van der Waals surface area contributed by atoms with E-state index >= 15 is 0 Å². The molecule has 0 bridgehead atoms. The van der Waals surface area contributed by atoms with E-state index in [0.717, 1.165) is 38.8 Å². The third-order valence-electron chi connectivity index (χ3n) is 6.41. The third kappa shape index (κ3) is 7.87. The number of hydrogen-bond donors (Lipinski definition) is 2. The lowest BCUT2D eigenvalue weighted by Gasteiger charge is -2.37. The molecule has 29 heavy (non-hydrogen) atoms. The lowest BCUT2D eigenvalue weighted by atomic mass is 9.87. The fourth-order valence-corrected chi connectivity index (χ4v) is 4.66. The van der Waals surface area contributed by atoms with E-state index in [1.807, 2.05) is 4.90 Å². The quantitative estimate of drug-likeness (QED) is 0.658. The third-order valence-corrected chi connectivity index (χ3v) is 6.41. The zero-order valence-corrected chi connectivity index (χ0v) is 19.1. The predicted molar refractivity (Wildman–Crippen MR) is 119 cm³/mol. The van der Waals surface area contributed by atoms with Crippen LogP contribution in [0.2, 0.25) is 0 Å². The van der Waals surface area contributed by atoms with Crippen molar-refractivity contribution in [3.63, 3.8) is 0 Å². The van der Waals surface area contributed by atoms with Crippen molar-refractivity contribution in [2.75, 3.05) is 45.9 Å². The Kier molecular flexibility index (Phi) is 11.8. The highest BCUT2D eigenvalue weighted by atomic mass is 35.5. The minimum atomic E-state index is -0.419. The molecule has 0 radical (unpaired) electrons.